The van der Waals surface area contributed by atoms with Crippen molar-refractivity contribution in [3.05, 3.63) is 0 Å². The Labute approximate surface area is 165 Å². The second-order valence-corrected chi connectivity index (χ2v) is 6.12. The lowest BCUT2D eigenvalue weighted by atomic mass is 10.1. The minimum Gasteiger partial charge on any atom is -0.481 e. The second kappa shape index (κ2) is 12.1. The molecule has 0 radical (unpaired) electrons. The van der Waals surface area contributed by atoms with E-state index in [0.29, 0.717) is 0 Å². The zero-order valence-electron chi connectivity index (χ0n) is 14.9. The summed E-state index contributed by atoms with van der Waals surface area (Å²) in [5.74, 6) is -6.27. The average Bonchev–Trinajstić information content (AvgIpc) is 2.61. The molecule has 0 aliphatic heterocycles. The van der Waals surface area contributed by atoms with Gasteiger partial charge in [-0.3, -0.25) is 19.2 Å². The Balaban J connectivity index is 5.02. The molecule has 0 aromatic rings. The number of carboxylic acid groups (broad SMARTS) is 2. The molecule has 9 N–H and O–H groups in total. The van der Waals surface area contributed by atoms with Crippen LogP contribution in [0.15, 0.2) is 0 Å². The minimum atomic E-state index is -1.78. The zero-order chi connectivity index (χ0) is 22.0. The van der Waals surface area contributed by atoms with Gasteiger partial charge in [-0.1, -0.05) is 0 Å². The lowest BCUT2D eigenvalue weighted by Crippen LogP contribution is -2.59. The molecule has 0 bridgehead atoms. The summed E-state index contributed by atoms with van der Waals surface area (Å²) < 4.78 is 0. The Morgan fingerprint density at radius 3 is 1.79 bits per heavy atom. The third kappa shape index (κ3) is 8.51. The normalized spacial score (nSPS) is 16.0. The SMILES string of the molecule is CC(O)C(N)C(=O)NC(CS)C(=O)NC(CO)C(=O)NC(CC(=O)O)C(=O)O. The molecule has 0 heterocycles. The first kappa shape index (κ1) is 25.6. The quantitative estimate of drug-likeness (QED) is 0.137. The number of aliphatic carboxylic acids is 2. The van der Waals surface area contributed by atoms with Crippen LogP contribution in [0.4, 0.5) is 0 Å². The first-order chi connectivity index (χ1) is 12.9. The standard InChI is InChI=1S/C14H24N4O9S/c1-5(20)10(15)13(25)18-8(4-28)12(24)17-7(3-19)11(23)16-6(14(26)27)2-9(21)22/h5-8,10,19-20,28H,2-4,15H2,1H3,(H,16,23)(H,17,24)(H,18,25)(H,21,22)(H,26,27). The first-order valence-corrected chi connectivity index (χ1v) is 8.58. The van der Waals surface area contributed by atoms with Crippen LogP contribution in [-0.2, 0) is 24.0 Å². The monoisotopic (exact) mass is 424 g/mol. The summed E-state index contributed by atoms with van der Waals surface area (Å²) in [6.07, 6.45) is -2.11. The van der Waals surface area contributed by atoms with Gasteiger partial charge in [0.15, 0.2) is 0 Å². The molecule has 0 saturated carbocycles. The van der Waals surface area contributed by atoms with Crippen molar-refractivity contribution in [3.8, 4) is 0 Å². The summed E-state index contributed by atoms with van der Waals surface area (Å²) in [4.78, 5) is 57.7. The molecule has 0 aliphatic rings. The van der Waals surface area contributed by atoms with Crippen LogP contribution in [0.25, 0.3) is 0 Å². The molecule has 0 aromatic carbocycles. The first-order valence-electron chi connectivity index (χ1n) is 7.95. The van der Waals surface area contributed by atoms with Crippen LogP contribution in [-0.4, -0.2) is 92.7 Å². The highest BCUT2D eigenvalue weighted by molar-refractivity contribution is 7.80. The van der Waals surface area contributed by atoms with Gasteiger partial charge < -0.3 is 42.1 Å². The van der Waals surface area contributed by atoms with Gasteiger partial charge in [-0.05, 0) is 6.92 Å². The highest BCUT2D eigenvalue weighted by Gasteiger charge is 2.30. The maximum atomic E-state index is 12.2. The summed E-state index contributed by atoms with van der Waals surface area (Å²) in [6, 6.07) is -6.00. The number of hydrogen-bond donors (Lipinski definition) is 9. The van der Waals surface area contributed by atoms with E-state index in [4.69, 9.17) is 15.9 Å². The van der Waals surface area contributed by atoms with Gasteiger partial charge in [0.1, 0.15) is 24.2 Å². The number of amides is 3. The maximum absolute atomic E-state index is 12.2. The average molecular weight is 424 g/mol. The van der Waals surface area contributed by atoms with Crippen LogP contribution in [0, 0.1) is 0 Å². The van der Waals surface area contributed by atoms with Gasteiger partial charge >= 0.3 is 11.9 Å². The number of nitrogens with two attached hydrogens (primary N) is 1. The van der Waals surface area contributed by atoms with Crippen LogP contribution < -0.4 is 21.7 Å². The number of rotatable bonds is 12. The summed E-state index contributed by atoms with van der Waals surface area (Å²) in [7, 11) is 0. The molecule has 13 nitrogen and oxygen atoms in total. The van der Waals surface area contributed by atoms with Gasteiger partial charge in [-0.25, -0.2) is 4.79 Å². The molecule has 0 aliphatic carbocycles. The number of aliphatic hydroxyl groups is 2. The van der Waals surface area contributed by atoms with Crippen molar-refractivity contribution in [2.75, 3.05) is 12.4 Å². The van der Waals surface area contributed by atoms with Gasteiger partial charge in [0.25, 0.3) is 0 Å². The molecule has 0 fully saturated rings. The van der Waals surface area contributed by atoms with E-state index < -0.39 is 73.0 Å². The molecular formula is C14H24N4O9S. The number of carbonyl (C=O) groups excluding carboxylic acids is 3. The van der Waals surface area contributed by atoms with Crippen LogP contribution in [0.5, 0.6) is 0 Å². The topological polar surface area (TPSA) is 228 Å². The number of carbonyl (C=O) groups is 5. The number of hydrogen-bond acceptors (Lipinski definition) is 9. The fraction of sp³-hybridized carbons (Fsp3) is 0.643. The fourth-order valence-electron chi connectivity index (χ4n) is 1.79. The van der Waals surface area contributed by atoms with E-state index in [2.05, 4.69) is 23.3 Å². The third-order valence-electron chi connectivity index (χ3n) is 3.45. The smallest absolute Gasteiger partial charge is 0.326 e. The molecular weight excluding hydrogens is 400 g/mol. The molecule has 160 valence electrons. The lowest BCUT2D eigenvalue weighted by Gasteiger charge is -2.23. The molecule has 0 spiro atoms. The highest BCUT2D eigenvalue weighted by atomic mass is 32.1. The molecule has 14 heteroatoms. The number of thiol groups is 1. The van der Waals surface area contributed by atoms with E-state index in [1.54, 1.807) is 0 Å². The Bertz CT molecular complexity index is 601. The minimum absolute atomic E-state index is 0.222. The van der Waals surface area contributed by atoms with E-state index in [0.717, 1.165) is 0 Å². The van der Waals surface area contributed by atoms with E-state index in [-0.39, 0.29) is 5.75 Å². The van der Waals surface area contributed by atoms with Crippen molar-refractivity contribution in [2.24, 2.45) is 5.73 Å². The molecule has 0 aromatic heterocycles. The number of nitrogens with one attached hydrogen (secondary N) is 3. The molecule has 3 amide bonds. The molecule has 0 rings (SSSR count). The fourth-order valence-corrected chi connectivity index (χ4v) is 2.05. The predicted octanol–water partition coefficient (Wildman–Crippen LogP) is -4.37. The van der Waals surface area contributed by atoms with Crippen molar-refractivity contribution in [1.29, 1.82) is 0 Å². The van der Waals surface area contributed by atoms with E-state index in [9.17, 15) is 34.2 Å². The van der Waals surface area contributed by atoms with Gasteiger partial charge in [-0.2, -0.15) is 12.6 Å². The zero-order valence-corrected chi connectivity index (χ0v) is 15.8. The maximum Gasteiger partial charge on any atom is 0.326 e. The van der Waals surface area contributed by atoms with E-state index in [1.165, 1.54) is 6.92 Å². The molecule has 5 atom stereocenters. The Hall–Kier alpha value is -2.42. The third-order valence-corrected chi connectivity index (χ3v) is 3.81. The Morgan fingerprint density at radius 2 is 1.39 bits per heavy atom. The predicted molar refractivity (Wildman–Crippen MR) is 96.3 cm³/mol. The van der Waals surface area contributed by atoms with Crippen LogP contribution in [0.1, 0.15) is 13.3 Å². The van der Waals surface area contributed by atoms with Crippen molar-refractivity contribution in [1.82, 2.24) is 16.0 Å². The number of aliphatic hydroxyl groups excluding tert-OH is 2. The van der Waals surface area contributed by atoms with E-state index in [1.807, 2.05) is 5.32 Å². The van der Waals surface area contributed by atoms with Gasteiger partial charge in [0, 0.05) is 5.75 Å². The highest BCUT2D eigenvalue weighted by Crippen LogP contribution is 1.98. The largest absolute Gasteiger partial charge is 0.481 e. The van der Waals surface area contributed by atoms with Crippen molar-refractivity contribution >= 4 is 42.3 Å². The Kier molecular flexibility index (Phi) is 11.1. The summed E-state index contributed by atoms with van der Waals surface area (Å²) in [6.45, 7) is 0.333. The summed E-state index contributed by atoms with van der Waals surface area (Å²) >= 11 is 3.89. The van der Waals surface area contributed by atoms with Gasteiger partial charge in [0.2, 0.25) is 17.7 Å². The van der Waals surface area contributed by atoms with Crippen LogP contribution in [0.2, 0.25) is 0 Å². The van der Waals surface area contributed by atoms with Crippen LogP contribution >= 0.6 is 12.6 Å². The summed E-state index contributed by atoms with van der Waals surface area (Å²) in [5.41, 5.74) is 5.44. The number of carboxylic acids is 2. The van der Waals surface area contributed by atoms with Crippen molar-refractivity contribution in [2.45, 2.75) is 43.6 Å². The van der Waals surface area contributed by atoms with Crippen molar-refractivity contribution in [3.63, 3.8) is 0 Å². The lowest BCUT2D eigenvalue weighted by molar-refractivity contribution is -0.147. The van der Waals surface area contributed by atoms with Crippen molar-refractivity contribution < 1.29 is 44.4 Å². The van der Waals surface area contributed by atoms with Gasteiger partial charge in [-0.15, -0.1) is 0 Å². The van der Waals surface area contributed by atoms with Crippen LogP contribution in [0.3, 0.4) is 0 Å². The molecule has 28 heavy (non-hydrogen) atoms. The van der Waals surface area contributed by atoms with E-state index >= 15 is 0 Å². The van der Waals surface area contributed by atoms with Gasteiger partial charge in [0.05, 0.1) is 19.1 Å². The summed E-state index contributed by atoms with van der Waals surface area (Å²) in [5, 5.41) is 42.3. The Morgan fingerprint density at radius 1 is 0.929 bits per heavy atom. The molecule has 0 saturated heterocycles. The molecule has 5 unspecified atom stereocenters. The second-order valence-electron chi connectivity index (χ2n) is 5.75.